The first-order valence-electron chi connectivity index (χ1n) is 6.12. The molecule has 2 N–H and O–H groups in total. The summed E-state index contributed by atoms with van der Waals surface area (Å²) in [7, 11) is 0. The van der Waals surface area contributed by atoms with E-state index in [-0.39, 0.29) is 24.6 Å². The number of amides is 1. The molecule has 0 radical (unpaired) electrons. The number of halogens is 1. The number of aliphatic hydroxyl groups excluding tert-OH is 1. The summed E-state index contributed by atoms with van der Waals surface area (Å²) in [6.07, 6.45) is 2.82. The summed E-state index contributed by atoms with van der Waals surface area (Å²) < 4.78 is 14.7. The molecule has 0 aliphatic carbocycles. The zero-order valence-electron chi connectivity index (χ0n) is 11.0. The standard InChI is InChI=1S/C13H15FN4O2/c1-9(18-8-15-7-17-18)13(20)16-5-10-2-3-12(14)11(4-10)6-19/h2-4,7-9,19H,5-6H2,1H3,(H,16,20). The van der Waals surface area contributed by atoms with Gasteiger partial charge in [0.25, 0.3) is 0 Å². The third-order valence-electron chi connectivity index (χ3n) is 2.96. The van der Waals surface area contributed by atoms with E-state index >= 15 is 0 Å². The van der Waals surface area contributed by atoms with Crippen LogP contribution >= 0.6 is 0 Å². The molecule has 0 bridgehead atoms. The number of benzene rings is 1. The van der Waals surface area contributed by atoms with Crippen molar-refractivity contribution in [1.29, 1.82) is 0 Å². The molecule has 0 aliphatic heterocycles. The van der Waals surface area contributed by atoms with Crippen molar-refractivity contribution in [2.45, 2.75) is 26.1 Å². The van der Waals surface area contributed by atoms with Gasteiger partial charge in [-0.15, -0.1) is 0 Å². The Morgan fingerprint density at radius 1 is 1.55 bits per heavy atom. The summed E-state index contributed by atoms with van der Waals surface area (Å²) in [5.74, 6) is -0.677. The normalized spacial score (nSPS) is 12.2. The molecular formula is C13H15FN4O2. The number of carbonyl (C=O) groups is 1. The Morgan fingerprint density at radius 2 is 2.35 bits per heavy atom. The highest BCUT2D eigenvalue weighted by molar-refractivity contribution is 5.79. The lowest BCUT2D eigenvalue weighted by Crippen LogP contribution is -2.30. The molecule has 106 valence electrons. The van der Waals surface area contributed by atoms with E-state index < -0.39 is 11.9 Å². The highest BCUT2D eigenvalue weighted by atomic mass is 19.1. The Bertz CT molecular complexity index is 586. The zero-order chi connectivity index (χ0) is 14.5. The molecule has 2 rings (SSSR count). The van der Waals surface area contributed by atoms with Crippen LogP contribution in [0.5, 0.6) is 0 Å². The van der Waals surface area contributed by atoms with Crippen LogP contribution < -0.4 is 5.32 Å². The zero-order valence-corrected chi connectivity index (χ0v) is 11.0. The summed E-state index contributed by atoms with van der Waals surface area (Å²) in [5.41, 5.74) is 0.927. The lowest BCUT2D eigenvalue weighted by Gasteiger charge is -2.12. The maximum absolute atomic E-state index is 13.2. The number of nitrogens with zero attached hydrogens (tertiary/aromatic N) is 3. The van der Waals surface area contributed by atoms with Gasteiger partial charge in [-0.05, 0) is 24.6 Å². The quantitative estimate of drug-likeness (QED) is 0.847. The molecule has 1 aromatic carbocycles. The Labute approximate surface area is 115 Å². The first-order chi connectivity index (χ1) is 9.61. The molecule has 7 heteroatoms. The molecule has 1 unspecified atom stereocenters. The largest absolute Gasteiger partial charge is 0.392 e. The summed E-state index contributed by atoms with van der Waals surface area (Å²) in [4.78, 5) is 15.7. The van der Waals surface area contributed by atoms with Crippen LogP contribution in [-0.4, -0.2) is 25.8 Å². The summed E-state index contributed by atoms with van der Waals surface area (Å²) in [6.45, 7) is 1.59. The molecule has 1 atom stereocenters. The van der Waals surface area contributed by atoms with E-state index in [9.17, 15) is 9.18 Å². The highest BCUT2D eigenvalue weighted by Gasteiger charge is 2.14. The van der Waals surface area contributed by atoms with E-state index in [0.717, 1.165) is 5.56 Å². The minimum atomic E-state index is -0.477. The van der Waals surface area contributed by atoms with Gasteiger partial charge < -0.3 is 10.4 Å². The molecule has 0 saturated heterocycles. The monoisotopic (exact) mass is 278 g/mol. The molecule has 2 aromatic rings. The van der Waals surface area contributed by atoms with E-state index in [0.29, 0.717) is 0 Å². The maximum atomic E-state index is 13.2. The SMILES string of the molecule is CC(C(=O)NCc1ccc(F)c(CO)c1)n1cncn1. The Balaban J connectivity index is 1.96. The molecule has 1 heterocycles. The van der Waals surface area contributed by atoms with Crippen molar-refractivity contribution in [3.05, 3.63) is 47.8 Å². The van der Waals surface area contributed by atoms with Gasteiger partial charge in [0.2, 0.25) is 5.91 Å². The molecule has 0 aliphatic rings. The van der Waals surface area contributed by atoms with Crippen molar-refractivity contribution in [2.75, 3.05) is 0 Å². The molecule has 6 nitrogen and oxygen atoms in total. The summed E-state index contributed by atoms with van der Waals surface area (Å²) in [5, 5.41) is 15.6. The van der Waals surface area contributed by atoms with Crippen molar-refractivity contribution in [1.82, 2.24) is 20.1 Å². The Kier molecular flexibility index (Phi) is 4.41. The number of nitrogens with one attached hydrogen (secondary N) is 1. The summed E-state index contributed by atoms with van der Waals surface area (Å²) >= 11 is 0. The molecule has 20 heavy (non-hydrogen) atoms. The van der Waals surface area contributed by atoms with Gasteiger partial charge in [0, 0.05) is 12.1 Å². The lowest BCUT2D eigenvalue weighted by atomic mass is 10.1. The van der Waals surface area contributed by atoms with Gasteiger partial charge in [-0.1, -0.05) is 6.07 Å². The Morgan fingerprint density at radius 3 is 3.00 bits per heavy atom. The van der Waals surface area contributed by atoms with E-state index in [2.05, 4.69) is 15.4 Å². The van der Waals surface area contributed by atoms with Crippen LogP contribution in [0.4, 0.5) is 4.39 Å². The predicted molar refractivity (Wildman–Crippen MR) is 68.9 cm³/mol. The second kappa shape index (κ2) is 6.25. The third-order valence-corrected chi connectivity index (χ3v) is 2.96. The lowest BCUT2D eigenvalue weighted by molar-refractivity contribution is -0.124. The van der Waals surface area contributed by atoms with Gasteiger partial charge in [-0.3, -0.25) is 4.79 Å². The van der Waals surface area contributed by atoms with Crippen LogP contribution in [-0.2, 0) is 17.9 Å². The van der Waals surface area contributed by atoms with Gasteiger partial charge in [0.05, 0.1) is 6.61 Å². The minimum Gasteiger partial charge on any atom is -0.392 e. The smallest absolute Gasteiger partial charge is 0.244 e. The number of carbonyl (C=O) groups excluding carboxylic acids is 1. The fourth-order valence-corrected chi connectivity index (χ4v) is 1.73. The van der Waals surface area contributed by atoms with Crippen LogP contribution in [0.15, 0.2) is 30.9 Å². The topological polar surface area (TPSA) is 80.0 Å². The van der Waals surface area contributed by atoms with Crippen molar-refractivity contribution >= 4 is 5.91 Å². The predicted octanol–water partition coefficient (Wildman–Crippen LogP) is 0.787. The van der Waals surface area contributed by atoms with Crippen LogP contribution in [0.25, 0.3) is 0 Å². The molecule has 1 amide bonds. The molecule has 0 saturated carbocycles. The average molecular weight is 278 g/mol. The van der Waals surface area contributed by atoms with E-state index in [1.807, 2.05) is 0 Å². The highest BCUT2D eigenvalue weighted by Crippen LogP contribution is 2.11. The number of hydrogen-bond acceptors (Lipinski definition) is 4. The number of rotatable bonds is 5. The number of aromatic nitrogens is 3. The fraction of sp³-hybridized carbons (Fsp3) is 0.308. The maximum Gasteiger partial charge on any atom is 0.244 e. The van der Waals surface area contributed by atoms with Gasteiger partial charge in [-0.25, -0.2) is 14.1 Å². The second-order valence-electron chi connectivity index (χ2n) is 4.35. The minimum absolute atomic E-state index is 0.209. The molecule has 0 fully saturated rings. The van der Waals surface area contributed by atoms with Gasteiger partial charge in [0.15, 0.2) is 0 Å². The van der Waals surface area contributed by atoms with Crippen molar-refractivity contribution in [2.24, 2.45) is 0 Å². The van der Waals surface area contributed by atoms with E-state index in [4.69, 9.17) is 5.11 Å². The fourth-order valence-electron chi connectivity index (χ4n) is 1.73. The molecular weight excluding hydrogens is 263 g/mol. The van der Waals surface area contributed by atoms with Gasteiger partial charge in [-0.2, -0.15) is 5.10 Å². The number of hydrogen-bond donors (Lipinski definition) is 2. The first kappa shape index (κ1) is 14.1. The third kappa shape index (κ3) is 3.18. The molecule has 1 aromatic heterocycles. The summed E-state index contributed by atoms with van der Waals surface area (Å²) in [6, 6.07) is 3.88. The van der Waals surface area contributed by atoms with Crippen LogP contribution in [0.2, 0.25) is 0 Å². The van der Waals surface area contributed by atoms with Crippen LogP contribution in [0.3, 0.4) is 0 Å². The second-order valence-corrected chi connectivity index (χ2v) is 4.35. The van der Waals surface area contributed by atoms with Crippen molar-refractivity contribution < 1.29 is 14.3 Å². The van der Waals surface area contributed by atoms with Crippen LogP contribution in [0.1, 0.15) is 24.1 Å². The van der Waals surface area contributed by atoms with E-state index in [1.54, 1.807) is 13.0 Å². The van der Waals surface area contributed by atoms with E-state index in [1.165, 1.54) is 29.5 Å². The van der Waals surface area contributed by atoms with Gasteiger partial charge >= 0.3 is 0 Å². The Hall–Kier alpha value is -2.28. The number of aliphatic hydroxyl groups is 1. The van der Waals surface area contributed by atoms with Crippen LogP contribution in [0, 0.1) is 5.82 Å². The average Bonchev–Trinajstić information content (AvgIpc) is 2.99. The first-order valence-corrected chi connectivity index (χ1v) is 6.12. The van der Waals surface area contributed by atoms with Crippen molar-refractivity contribution in [3.63, 3.8) is 0 Å². The van der Waals surface area contributed by atoms with Crippen molar-refractivity contribution in [3.8, 4) is 0 Å². The molecule has 0 spiro atoms. The van der Waals surface area contributed by atoms with Gasteiger partial charge in [0.1, 0.15) is 24.5 Å².